The largest absolute Gasteiger partial charge is 0.500 e. The molecule has 0 aromatic heterocycles. The fourth-order valence-corrected chi connectivity index (χ4v) is 5.66. The molecule has 2 aromatic carbocycles. The van der Waals surface area contributed by atoms with Gasteiger partial charge in [0.1, 0.15) is 18.4 Å². The molecule has 3 rings (SSSR count). The molecule has 1 N–H and O–H groups in total. The zero-order chi connectivity index (χ0) is 32.1. The van der Waals surface area contributed by atoms with E-state index in [9.17, 15) is 4.79 Å². The zero-order valence-electron chi connectivity index (χ0n) is 27.7. The Morgan fingerprint density at radius 3 is 2.48 bits per heavy atom. The van der Waals surface area contributed by atoms with Gasteiger partial charge in [-0.15, -0.1) is 0 Å². The predicted octanol–water partition coefficient (Wildman–Crippen LogP) is 7.28. The SMILES string of the molecule is C=C(NC(Cc1ccc(OCCC)cc1)C(=O)OC)c1ccc2c(c1)N(CCO/C=C/C(C)OC)C(/C=C/C)C2C(C)CC. The van der Waals surface area contributed by atoms with Crippen molar-refractivity contribution in [3.05, 3.63) is 90.2 Å². The van der Waals surface area contributed by atoms with E-state index in [-0.39, 0.29) is 18.1 Å². The first-order chi connectivity index (χ1) is 21.3. The van der Waals surface area contributed by atoms with E-state index >= 15 is 0 Å². The molecule has 44 heavy (non-hydrogen) atoms. The molecule has 5 unspecified atom stereocenters. The van der Waals surface area contributed by atoms with Gasteiger partial charge in [0.05, 0.1) is 38.7 Å². The van der Waals surface area contributed by atoms with E-state index in [4.69, 9.17) is 18.9 Å². The van der Waals surface area contributed by atoms with Crippen LogP contribution in [0.25, 0.3) is 5.70 Å². The second-order valence-corrected chi connectivity index (χ2v) is 11.4. The molecule has 1 aliphatic heterocycles. The zero-order valence-corrected chi connectivity index (χ0v) is 27.7. The minimum atomic E-state index is -0.586. The van der Waals surface area contributed by atoms with E-state index in [0.29, 0.717) is 37.2 Å². The van der Waals surface area contributed by atoms with E-state index < -0.39 is 6.04 Å². The van der Waals surface area contributed by atoms with Crippen LogP contribution in [-0.2, 0) is 25.4 Å². The van der Waals surface area contributed by atoms with Gasteiger partial charge >= 0.3 is 5.97 Å². The summed E-state index contributed by atoms with van der Waals surface area (Å²) >= 11 is 0. The minimum absolute atomic E-state index is 0.00197. The van der Waals surface area contributed by atoms with Gasteiger partial charge in [0.2, 0.25) is 0 Å². The van der Waals surface area contributed by atoms with Crippen LogP contribution < -0.4 is 15.0 Å². The molecule has 5 atom stereocenters. The third kappa shape index (κ3) is 9.15. The summed E-state index contributed by atoms with van der Waals surface area (Å²) in [6, 6.07) is 14.0. The first-order valence-electron chi connectivity index (χ1n) is 15.9. The van der Waals surface area contributed by atoms with Gasteiger partial charge in [-0.1, -0.05) is 70.2 Å². The molecule has 7 heteroatoms. The van der Waals surface area contributed by atoms with Crippen molar-refractivity contribution in [1.82, 2.24) is 5.32 Å². The molecule has 0 saturated carbocycles. The molecule has 0 aliphatic carbocycles. The minimum Gasteiger partial charge on any atom is -0.500 e. The molecule has 0 bridgehead atoms. The van der Waals surface area contributed by atoms with Crippen molar-refractivity contribution in [2.75, 3.05) is 38.9 Å². The van der Waals surface area contributed by atoms with Crippen LogP contribution in [0.3, 0.4) is 0 Å². The number of benzene rings is 2. The number of carbonyl (C=O) groups is 1. The average molecular weight is 605 g/mol. The van der Waals surface area contributed by atoms with E-state index in [2.05, 4.69) is 74.8 Å². The number of nitrogens with one attached hydrogen (secondary N) is 1. The van der Waals surface area contributed by atoms with Crippen LogP contribution in [-0.4, -0.2) is 58.1 Å². The third-order valence-corrected chi connectivity index (χ3v) is 8.36. The van der Waals surface area contributed by atoms with E-state index in [1.54, 1.807) is 13.4 Å². The number of hydrogen-bond donors (Lipinski definition) is 1. The molecule has 2 aromatic rings. The Morgan fingerprint density at radius 1 is 1.09 bits per heavy atom. The number of rotatable bonds is 18. The lowest BCUT2D eigenvalue weighted by molar-refractivity contribution is -0.142. The lowest BCUT2D eigenvalue weighted by Gasteiger charge is -2.30. The second kappa shape index (κ2) is 17.6. The Morgan fingerprint density at radius 2 is 1.84 bits per heavy atom. The highest BCUT2D eigenvalue weighted by molar-refractivity contribution is 5.80. The standard InChI is InChI=1S/C37H52N2O5/c1-9-12-34-36(26(4)11-3)32-18-15-30(25-35(32)39(34)20-23-43-22-19-27(5)41-7)28(6)38-33(37(40)42-8)24-29-13-16-31(17-14-29)44-21-10-2/h9,12-19,22,25-27,33-34,36,38H,6,10-11,20-21,23-24H2,1-5,7-8H3/b12-9+,22-19+. The van der Waals surface area contributed by atoms with E-state index in [0.717, 1.165) is 36.3 Å². The highest BCUT2D eigenvalue weighted by Crippen LogP contribution is 2.47. The van der Waals surface area contributed by atoms with Gasteiger partial charge in [-0.2, -0.15) is 0 Å². The van der Waals surface area contributed by atoms with Crippen molar-refractivity contribution < 1.29 is 23.7 Å². The van der Waals surface area contributed by atoms with Gasteiger partial charge in [0.25, 0.3) is 0 Å². The van der Waals surface area contributed by atoms with Crippen molar-refractivity contribution in [3.63, 3.8) is 0 Å². The average Bonchev–Trinajstić information content (AvgIpc) is 3.35. The van der Waals surface area contributed by atoms with Crippen molar-refractivity contribution in [2.24, 2.45) is 5.92 Å². The Hall–Kier alpha value is -3.71. The predicted molar refractivity (Wildman–Crippen MR) is 180 cm³/mol. The summed E-state index contributed by atoms with van der Waals surface area (Å²) in [5.74, 6) is 1.34. The van der Waals surface area contributed by atoms with Crippen molar-refractivity contribution in [1.29, 1.82) is 0 Å². The Kier molecular flexibility index (Phi) is 13.9. The van der Waals surface area contributed by atoms with Gasteiger partial charge in [-0.05, 0) is 67.2 Å². The molecule has 240 valence electrons. The number of anilines is 1. The quantitative estimate of drug-likeness (QED) is 0.0830. The summed E-state index contributed by atoms with van der Waals surface area (Å²) in [6.07, 6.45) is 10.6. The van der Waals surface area contributed by atoms with Crippen LogP contribution in [0.15, 0.2) is 73.5 Å². The molecule has 7 nitrogen and oxygen atoms in total. The van der Waals surface area contributed by atoms with Gasteiger partial charge in [-0.3, -0.25) is 0 Å². The fraction of sp³-hybridized carbons (Fsp3) is 0.486. The molecule has 0 amide bonds. The molecule has 0 saturated heterocycles. The maximum atomic E-state index is 12.8. The summed E-state index contributed by atoms with van der Waals surface area (Å²) in [4.78, 5) is 15.3. The molecule has 0 radical (unpaired) electrons. The van der Waals surface area contributed by atoms with Gasteiger partial charge < -0.3 is 29.2 Å². The molecule has 1 aliphatic rings. The maximum absolute atomic E-state index is 12.8. The topological polar surface area (TPSA) is 69.3 Å². The summed E-state index contributed by atoms with van der Waals surface area (Å²) in [5.41, 5.74) is 5.12. The third-order valence-electron chi connectivity index (χ3n) is 8.36. The molecular formula is C37H52N2O5. The summed E-state index contributed by atoms with van der Waals surface area (Å²) in [5, 5.41) is 3.37. The number of carbonyl (C=O) groups excluding carboxylic acids is 1. The summed E-state index contributed by atoms with van der Waals surface area (Å²) in [6.45, 7) is 17.0. The summed E-state index contributed by atoms with van der Waals surface area (Å²) in [7, 11) is 3.10. The van der Waals surface area contributed by atoms with Crippen LogP contribution in [0.5, 0.6) is 5.75 Å². The number of ether oxygens (including phenoxy) is 4. The van der Waals surface area contributed by atoms with Crippen molar-refractivity contribution >= 4 is 17.4 Å². The highest BCUT2D eigenvalue weighted by Gasteiger charge is 2.39. The van der Waals surface area contributed by atoms with Crippen LogP contribution >= 0.6 is 0 Å². The highest BCUT2D eigenvalue weighted by atomic mass is 16.5. The lowest BCUT2D eigenvalue weighted by Crippen LogP contribution is -2.38. The molecule has 0 spiro atoms. The van der Waals surface area contributed by atoms with E-state index in [1.807, 2.05) is 37.3 Å². The van der Waals surface area contributed by atoms with Gasteiger partial charge in [0, 0.05) is 30.8 Å². The fourth-order valence-electron chi connectivity index (χ4n) is 5.66. The van der Waals surface area contributed by atoms with Crippen molar-refractivity contribution in [3.8, 4) is 5.75 Å². The monoisotopic (exact) mass is 604 g/mol. The number of hydrogen-bond acceptors (Lipinski definition) is 7. The lowest BCUT2D eigenvalue weighted by atomic mass is 9.82. The van der Waals surface area contributed by atoms with Gasteiger partial charge in [-0.25, -0.2) is 4.79 Å². The van der Waals surface area contributed by atoms with Crippen LogP contribution in [0.1, 0.15) is 70.1 Å². The normalized spacial score (nSPS) is 18.2. The molecule has 0 fully saturated rings. The number of esters is 1. The molecular weight excluding hydrogens is 552 g/mol. The first kappa shape index (κ1) is 34.8. The second-order valence-electron chi connectivity index (χ2n) is 11.4. The van der Waals surface area contributed by atoms with Crippen LogP contribution in [0.4, 0.5) is 5.69 Å². The van der Waals surface area contributed by atoms with E-state index in [1.165, 1.54) is 18.4 Å². The smallest absolute Gasteiger partial charge is 0.328 e. The van der Waals surface area contributed by atoms with Crippen molar-refractivity contribution in [2.45, 2.75) is 78.0 Å². The van der Waals surface area contributed by atoms with Crippen LogP contribution in [0, 0.1) is 5.92 Å². The number of allylic oxidation sites excluding steroid dienone is 1. The number of methoxy groups -OCH3 is 2. The summed E-state index contributed by atoms with van der Waals surface area (Å²) < 4.78 is 22.0. The Bertz CT molecular complexity index is 1260. The molecule has 1 heterocycles. The Labute approximate surface area is 264 Å². The number of nitrogens with zero attached hydrogens (tertiary/aromatic N) is 1. The van der Waals surface area contributed by atoms with Crippen LogP contribution in [0.2, 0.25) is 0 Å². The first-order valence-corrected chi connectivity index (χ1v) is 15.9. The van der Waals surface area contributed by atoms with Gasteiger partial charge in [0.15, 0.2) is 0 Å². The Balaban J connectivity index is 1.84. The number of fused-ring (bicyclic) bond motifs is 1. The maximum Gasteiger partial charge on any atom is 0.328 e.